The Morgan fingerprint density at radius 2 is 2.00 bits per heavy atom. The molecule has 0 aliphatic carbocycles. The normalized spacial score (nSPS) is 10.5. The van der Waals surface area contributed by atoms with E-state index in [1.54, 1.807) is 19.2 Å². The van der Waals surface area contributed by atoms with Crippen LogP contribution in [0.3, 0.4) is 0 Å². The second-order valence-corrected chi connectivity index (χ2v) is 3.37. The fraction of sp³-hybridized carbons (Fsp3) is 0.636. The van der Waals surface area contributed by atoms with Gasteiger partial charge in [0, 0.05) is 32.7 Å². The fourth-order valence-electron chi connectivity index (χ4n) is 1.12. The van der Waals surface area contributed by atoms with Crippen LogP contribution in [0.15, 0.2) is 12.1 Å². The summed E-state index contributed by atoms with van der Waals surface area (Å²) in [6, 6.07) is 3.57. The monoisotopic (exact) mass is 241 g/mol. The van der Waals surface area contributed by atoms with Crippen molar-refractivity contribution in [2.45, 2.75) is 13.0 Å². The average Bonchev–Trinajstić information content (AvgIpc) is 2.38. The van der Waals surface area contributed by atoms with Crippen molar-refractivity contribution in [2.75, 3.05) is 33.5 Å². The maximum Gasteiger partial charge on any atom is 0.233 e. The first-order valence-corrected chi connectivity index (χ1v) is 5.59. The van der Waals surface area contributed by atoms with Crippen LogP contribution in [-0.4, -0.2) is 43.7 Å². The van der Waals surface area contributed by atoms with Gasteiger partial charge in [0.25, 0.3) is 0 Å². The lowest BCUT2D eigenvalue weighted by Gasteiger charge is -2.05. The van der Waals surface area contributed by atoms with Crippen LogP contribution in [0.4, 0.5) is 0 Å². The van der Waals surface area contributed by atoms with Gasteiger partial charge in [-0.1, -0.05) is 0 Å². The van der Waals surface area contributed by atoms with Crippen molar-refractivity contribution in [3.05, 3.63) is 17.8 Å². The highest BCUT2D eigenvalue weighted by atomic mass is 16.5. The highest BCUT2D eigenvalue weighted by molar-refractivity contribution is 5.10. The predicted octanol–water partition coefficient (Wildman–Crippen LogP) is 0.367. The van der Waals surface area contributed by atoms with Crippen molar-refractivity contribution < 1.29 is 14.2 Å². The number of ether oxygens (including phenoxy) is 3. The zero-order chi connectivity index (χ0) is 12.3. The van der Waals surface area contributed by atoms with Crippen LogP contribution >= 0.6 is 0 Å². The molecule has 0 saturated heterocycles. The third kappa shape index (κ3) is 6.15. The quantitative estimate of drug-likeness (QED) is 0.629. The van der Waals surface area contributed by atoms with Crippen molar-refractivity contribution in [3.63, 3.8) is 0 Å². The molecule has 0 atom stereocenters. The SMILES string of the molecule is COCCOCCCOc1ccc(CN)nn1. The van der Waals surface area contributed by atoms with E-state index in [-0.39, 0.29) is 0 Å². The molecule has 0 aliphatic rings. The molecule has 96 valence electrons. The Bertz CT molecular complexity index is 293. The lowest BCUT2D eigenvalue weighted by Crippen LogP contribution is -2.08. The highest BCUT2D eigenvalue weighted by Crippen LogP contribution is 2.04. The average molecular weight is 241 g/mol. The molecule has 0 unspecified atom stereocenters. The number of rotatable bonds is 9. The van der Waals surface area contributed by atoms with E-state index in [1.807, 2.05) is 0 Å². The molecule has 1 rings (SSSR count). The summed E-state index contributed by atoms with van der Waals surface area (Å²) >= 11 is 0. The van der Waals surface area contributed by atoms with Gasteiger partial charge in [-0.2, -0.15) is 5.10 Å². The third-order valence-electron chi connectivity index (χ3n) is 2.02. The Kier molecular flexibility index (Phi) is 7.20. The molecule has 1 aromatic heterocycles. The minimum absolute atomic E-state index is 0.390. The Morgan fingerprint density at radius 1 is 1.12 bits per heavy atom. The summed E-state index contributed by atoms with van der Waals surface area (Å²) in [6.07, 6.45) is 0.810. The Morgan fingerprint density at radius 3 is 2.65 bits per heavy atom. The van der Waals surface area contributed by atoms with E-state index in [0.717, 1.165) is 12.1 Å². The predicted molar refractivity (Wildman–Crippen MR) is 62.7 cm³/mol. The number of methoxy groups -OCH3 is 1. The second kappa shape index (κ2) is 8.86. The van der Waals surface area contributed by atoms with Gasteiger partial charge in [0.2, 0.25) is 5.88 Å². The van der Waals surface area contributed by atoms with Gasteiger partial charge in [-0.25, -0.2) is 0 Å². The van der Waals surface area contributed by atoms with Crippen molar-refractivity contribution in [1.29, 1.82) is 0 Å². The summed E-state index contributed by atoms with van der Waals surface area (Å²) < 4.78 is 15.5. The molecular formula is C11H19N3O3. The molecule has 2 N–H and O–H groups in total. The lowest BCUT2D eigenvalue weighted by molar-refractivity contribution is 0.0641. The Balaban J connectivity index is 2.05. The summed E-state index contributed by atoms with van der Waals surface area (Å²) in [5.41, 5.74) is 6.16. The van der Waals surface area contributed by atoms with Gasteiger partial charge >= 0.3 is 0 Å². The molecule has 6 nitrogen and oxygen atoms in total. The van der Waals surface area contributed by atoms with E-state index in [1.165, 1.54) is 0 Å². The first kappa shape index (κ1) is 13.8. The van der Waals surface area contributed by atoms with Gasteiger partial charge < -0.3 is 19.9 Å². The van der Waals surface area contributed by atoms with Gasteiger partial charge in [0.15, 0.2) is 0 Å². The molecule has 0 fully saturated rings. The van der Waals surface area contributed by atoms with E-state index < -0.39 is 0 Å². The molecule has 6 heteroatoms. The van der Waals surface area contributed by atoms with Crippen LogP contribution in [0.2, 0.25) is 0 Å². The van der Waals surface area contributed by atoms with E-state index in [4.69, 9.17) is 19.9 Å². The zero-order valence-corrected chi connectivity index (χ0v) is 10.1. The van der Waals surface area contributed by atoms with Crippen LogP contribution in [0.1, 0.15) is 12.1 Å². The molecule has 0 aromatic carbocycles. The molecule has 0 spiro atoms. The molecular weight excluding hydrogens is 222 g/mol. The molecule has 0 aliphatic heterocycles. The maximum atomic E-state index is 5.41. The smallest absolute Gasteiger partial charge is 0.233 e. The number of nitrogens with zero attached hydrogens (tertiary/aromatic N) is 2. The molecule has 0 saturated carbocycles. The minimum Gasteiger partial charge on any atom is -0.477 e. The molecule has 0 amide bonds. The van der Waals surface area contributed by atoms with Gasteiger partial charge in [-0.15, -0.1) is 5.10 Å². The Labute approximate surface area is 101 Å². The van der Waals surface area contributed by atoms with Gasteiger partial charge in [0.1, 0.15) is 0 Å². The minimum atomic E-state index is 0.390. The molecule has 0 bridgehead atoms. The van der Waals surface area contributed by atoms with Crippen molar-refractivity contribution in [3.8, 4) is 5.88 Å². The number of nitrogens with two attached hydrogens (primary N) is 1. The first-order valence-electron chi connectivity index (χ1n) is 5.59. The third-order valence-corrected chi connectivity index (χ3v) is 2.02. The summed E-state index contributed by atoms with van der Waals surface area (Å²) in [7, 11) is 1.65. The van der Waals surface area contributed by atoms with Gasteiger partial charge in [-0.05, 0) is 6.07 Å². The van der Waals surface area contributed by atoms with Crippen LogP contribution in [0.5, 0.6) is 5.88 Å². The van der Waals surface area contributed by atoms with Crippen molar-refractivity contribution in [2.24, 2.45) is 5.73 Å². The van der Waals surface area contributed by atoms with Crippen LogP contribution < -0.4 is 10.5 Å². The molecule has 1 aromatic rings. The zero-order valence-electron chi connectivity index (χ0n) is 10.1. The van der Waals surface area contributed by atoms with Gasteiger partial charge in [-0.3, -0.25) is 0 Å². The summed E-state index contributed by atoms with van der Waals surface area (Å²) in [6.45, 7) is 2.83. The molecule has 17 heavy (non-hydrogen) atoms. The number of aromatic nitrogens is 2. The van der Waals surface area contributed by atoms with Crippen LogP contribution in [0, 0.1) is 0 Å². The summed E-state index contributed by atoms with van der Waals surface area (Å²) in [5.74, 6) is 0.513. The van der Waals surface area contributed by atoms with Crippen molar-refractivity contribution >= 4 is 0 Å². The first-order chi connectivity index (χ1) is 8.36. The van der Waals surface area contributed by atoms with E-state index in [0.29, 0.717) is 38.9 Å². The fourth-order valence-corrected chi connectivity index (χ4v) is 1.12. The maximum absolute atomic E-state index is 5.41. The van der Waals surface area contributed by atoms with E-state index >= 15 is 0 Å². The van der Waals surface area contributed by atoms with Crippen molar-refractivity contribution in [1.82, 2.24) is 10.2 Å². The highest BCUT2D eigenvalue weighted by Gasteiger charge is 1.97. The topological polar surface area (TPSA) is 79.5 Å². The Hall–Kier alpha value is -1.24. The summed E-state index contributed by atoms with van der Waals surface area (Å²) in [5, 5.41) is 7.77. The van der Waals surface area contributed by atoms with Crippen LogP contribution in [0.25, 0.3) is 0 Å². The molecule has 1 heterocycles. The van der Waals surface area contributed by atoms with E-state index in [9.17, 15) is 0 Å². The second-order valence-electron chi connectivity index (χ2n) is 3.37. The van der Waals surface area contributed by atoms with Gasteiger partial charge in [0.05, 0.1) is 25.5 Å². The standard InChI is InChI=1S/C11H19N3O3/c1-15-7-8-16-5-2-6-17-11-4-3-10(9-12)13-14-11/h3-4H,2,5-9,12H2,1H3. The largest absolute Gasteiger partial charge is 0.477 e. The van der Waals surface area contributed by atoms with E-state index in [2.05, 4.69) is 10.2 Å². The summed E-state index contributed by atoms with van der Waals surface area (Å²) in [4.78, 5) is 0. The number of hydrogen-bond donors (Lipinski definition) is 1. The molecule has 0 radical (unpaired) electrons. The van der Waals surface area contributed by atoms with Crippen LogP contribution in [-0.2, 0) is 16.0 Å². The lowest BCUT2D eigenvalue weighted by atomic mass is 10.4. The number of hydrogen-bond acceptors (Lipinski definition) is 6.